The van der Waals surface area contributed by atoms with Gasteiger partial charge in [0.25, 0.3) is 11.8 Å². The van der Waals surface area contributed by atoms with Gasteiger partial charge in [-0.15, -0.1) is 0 Å². The van der Waals surface area contributed by atoms with Crippen molar-refractivity contribution in [3.63, 3.8) is 0 Å². The molecule has 40 heavy (non-hydrogen) atoms. The number of aryl methyl sites for hydroxylation is 2. The molecule has 7 nitrogen and oxygen atoms in total. The lowest BCUT2D eigenvalue weighted by Crippen LogP contribution is -2.49. The Hall–Kier alpha value is -4.30. The van der Waals surface area contributed by atoms with Gasteiger partial charge in [0.15, 0.2) is 0 Å². The van der Waals surface area contributed by atoms with Crippen LogP contribution in [0.3, 0.4) is 0 Å². The summed E-state index contributed by atoms with van der Waals surface area (Å²) < 4.78 is 13.8. The number of benzene rings is 3. The molecule has 0 aliphatic carbocycles. The van der Waals surface area contributed by atoms with Crippen molar-refractivity contribution in [3.05, 3.63) is 113 Å². The van der Waals surface area contributed by atoms with E-state index in [0.29, 0.717) is 59.3 Å². The summed E-state index contributed by atoms with van der Waals surface area (Å²) in [6.07, 6.45) is 1.77. The Morgan fingerprint density at radius 1 is 0.875 bits per heavy atom. The summed E-state index contributed by atoms with van der Waals surface area (Å²) in [5.41, 5.74) is 4.58. The molecular weight excluding hydrogens is 520 g/mol. The van der Waals surface area contributed by atoms with Gasteiger partial charge >= 0.3 is 0 Å². The largest absolute Gasteiger partial charge is 0.353 e. The molecule has 2 aliphatic rings. The van der Waals surface area contributed by atoms with Crippen LogP contribution in [0.1, 0.15) is 37.4 Å². The van der Waals surface area contributed by atoms with Crippen LogP contribution in [0.2, 0.25) is 0 Å². The second-order valence-corrected chi connectivity index (χ2v) is 11.7. The highest BCUT2D eigenvalue weighted by Gasteiger charge is 2.32. The number of rotatable bonds is 4. The van der Waals surface area contributed by atoms with Crippen LogP contribution in [0, 0.1) is 13.8 Å². The van der Waals surface area contributed by atoms with Gasteiger partial charge in [-0.25, -0.2) is 9.19 Å². The summed E-state index contributed by atoms with van der Waals surface area (Å²) >= 11 is 0. The van der Waals surface area contributed by atoms with Gasteiger partial charge in [-0.05, 0) is 67.4 Å². The van der Waals surface area contributed by atoms with Gasteiger partial charge in [-0.2, -0.15) is 0 Å². The maximum absolute atomic E-state index is 14.0. The van der Waals surface area contributed by atoms with Crippen molar-refractivity contribution in [2.45, 2.75) is 30.2 Å². The number of carbonyl (C=O) groups is 2. The molecular formula is C32H30N4O3S. The first-order valence-corrected chi connectivity index (χ1v) is 14.5. The average Bonchev–Trinajstić information content (AvgIpc) is 3.08. The van der Waals surface area contributed by atoms with Crippen molar-refractivity contribution < 1.29 is 13.8 Å². The van der Waals surface area contributed by atoms with Gasteiger partial charge in [0, 0.05) is 37.9 Å². The van der Waals surface area contributed by atoms with E-state index in [1.807, 2.05) is 49.1 Å². The van der Waals surface area contributed by atoms with Gasteiger partial charge in [-0.3, -0.25) is 9.59 Å². The van der Waals surface area contributed by atoms with Crippen LogP contribution in [-0.2, 0) is 17.3 Å². The number of carbonyl (C=O) groups excluding carboxylic acids is 2. The predicted octanol–water partition coefficient (Wildman–Crippen LogP) is 4.99. The van der Waals surface area contributed by atoms with Crippen LogP contribution in [0.25, 0.3) is 0 Å². The fourth-order valence-electron chi connectivity index (χ4n) is 5.36. The molecule has 0 unspecified atom stereocenters. The minimum absolute atomic E-state index is 0.102. The summed E-state index contributed by atoms with van der Waals surface area (Å²) in [5.74, 6) is 0.578. The van der Waals surface area contributed by atoms with Gasteiger partial charge in [-0.1, -0.05) is 42.0 Å². The summed E-state index contributed by atoms with van der Waals surface area (Å²) in [5, 5.41) is 0. The summed E-state index contributed by atoms with van der Waals surface area (Å²) in [6.45, 7) is 6.86. The second-order valence-electron chi connectivity index (χ2n) is 10.2. The molecule has 3 aromatic carbocycles. The van der Waals surface area contributed by atoms with Gasteiger partial charge in [0.1, 0.15) is 5.82 Å². The molecule has 1 atom stereocenters. The van der Waals surface area contributed by atoms with Crippen molar-refractivity contribution in [2.75, 3.05) is 36.0 Å². The van der Waals surface area contributed by atoms with E-state index in [2.05, 4.69) is 16.0 Å². The first kappa shape index (κ1) is 26.0. The normalized spacial score (nSPS) is 16.8. The lowest BCUT2D eigenvalue weighted by Gasteiger charge is -2.35. The van der Waals surface area contributed by atoms with Gasteiger partial charge in [0.2, 0.25) is 0 Å². The number of anilines is 2. The Kier molecular flexibility index (Phi) is 6.94. The first-order chi connectivity index (χ1) is 19.4. The lowest BCUT2D eigenvalue weighted by atomic mass is 10.0. The fourth-order valence-corrected chi connectivity index (χ4v) is 6.70. The van der Waals surface area contributed by atoms with Gasteiger partial charge in [0.05, 0.1) is 38.4 Å². The highest BCUT2D eigenvalue weighted by atomic mass is 32.2. The number of fused-ring (bicyclic) bond motifs is 2. The summed E-state index contributed by atoms with van der Waals surface area (Å²) in [6, 6.07) is 24.3. The Labute approximate surface area is 236 Å². The van der Waals surface area contributed by atoms with Crippen molar-refractivity contribution in [1.82, 2.24) is 9.88 Å². The molecule has 6 rings (SSSR count). The zero-order valence-corrected chi connectivity index (χ0v) is 23.4. The zero-order chi connectivity index (χ0) is 27.8. The molecule has 0 saturated carbocycles. The highest BCUT2D eigenvalue weighted by molar-refractivity contribution is 7.85. The minimum Gasteiger partial charge on any atom is -0.353 e. The number of hydrogen-bond donors (Lipinski definition) is 0. The lowest BCUT2D eigenvalue weighted by molar-refractivity contribution is 0.0746. The predicted molar refractivity (Wildman–Crippen MR) is 156 cm³/mol. The molecule has 202 valence electrons. The summed E-state index contributed by atoms with van der Waals surface area (Å²) in [4.78, 5) is 38.8. The van der Waals surface area contributed by atoms with E-state index in [1.54, 1.807) is 53.6 Å². The number of aromatic nitrogens is 1. The van der Waals surface area contributed by atoms with E-state index in [9.17, 15) is 13.8 Å². The smallest absolute Gasteiger partial charge is 0.259 e. The molecule has 0 bridgehead atoms. The molecule has 1 saturated heterocycles. The Morgan fingerprint density at radius 2 is 1.65 bits per heavy atom. The van der Waals surface area contributed by atoms with E-state index in [0.717, 1.165) is 22.5 Å². The number of nitrogens with zero attached hydrogens (tertiary/aromatic N) is 4. The Bertz CT molecular complexity index is 1630. The van der Waals surface area contributed by atoms with Gasteiger partial charge < -0.3 is 14.7 Å². The molecule has 0 radical (unpaired) electrons. The third-order valence-corrected chi connectivity index (χ3v) is 9.13. The molecule has 1 aromatic heterocycles. The van der Waals surface area contributed by atoms with E-state index in [-0.39, 0.29) is 11.8 Å². The van der Waals surface area contributed by atoms with E-state index in [1.165, 1.54) is 0 Å². The second kappa shape index (κ2) is 10.7. The van der Waals surface area contributed by atoms with Crippen LogP contribution >= 0.6 is 0 Å². The minimum atomic E-state index is -1.57. The standard InChI is InChI=1S/C32H30N4O3S/c1-22-10-11-23(2)25(19-22)21-36-27-20-24(12-13-29(27)40(39)28-8-4-3-7-26(28)32(36)38)31(37)35-17-15-34(16-18-35)30-9-5-6-14-33-30/h3-14,19-20H,15-18,21H2,1-2H3/t40-/m0/s1. The molecule has 0 N–H and O–H groups in total. The maximum Gasteiger partial charge on any atom is 0.259 e. The molecule has 1 fully saturated rings. The fraction of sp³-hybridized carbons (Fsp3) is 0.219. The van der Waals surface area contributed by atoms with E-state index in [4.69, 9.17) is 0 Å². The average molecular weight is 551 g/mol. The van der Waals surface area contributed by atoms with Crippen molar-refractivity contribution in [3.8, 4) is 0 Å². The highest BCUT2D eigenvalue weighted by Crippen LogP contribution is 2.36. The molecule has 4 aromatic rings. The van der Waals surface area contributed by atoms with Crippen LogP contribution in [0.4, 0.5) is 11.5 Å². The molecule has 0 spiro atoms. The van der Waals surface area contributed by atoms with Crippen molar-refractivity contribution >= 4 is 34.1 Å². The van der Waals surface area contributed by atoms with E-state index >= 15 is 0 Å². The van der Waals surface area contributed by atoms with Crippen LogP contribution in [0.15, 0.2) is 94.9 Å². The molecule has 2 aliphatic heterocycles. The number of hydrogen-bond acceptors (Lipinski definition) is 5. The van der Waals surface area contributed by atoms with Crippen LogP contribution < -0.4 is 9.80 Å². The molecule has 2 amide bonds. The maximum atomic E-state index is 14.0. The molecule has 8 heteroatoms. The summed E-state index contributed by atoms with van der Waals surface area (Å²) in [7, 11) is -1.57. The zero-order valence-electron chi connectivity index (χ0n) is 22.5. The number of pyridine rings is 1. The van der Waals surface area contributed by atoms with Crippen LogP contribution in [0.5, 0.6) is 0 Å². The quantitative estimate of drug-likeness (QED) is 0.358. The third-order valence-electron chi connectivity index (χ3n) is 7.63. The first-order valence-electron chi connectivity index (χ1n) is 13.4. The molecule has 3 heterocycles. The monoisotopic (exact) mass is 550 g/mol. The third kappa shape index (κ3) is 4.79. The van der Waals surface area contributed by atoms with Crippen molar-refractivity contribution in [1.29, 1.82) is 0 Å². The Morgan fingerprint density at radius 3 is 2.42 bits per heavy atom. The Balaban J connectivity index is 1.35. The SMILES string of the molecule is Cc1ccc(C)c(CN2C(=O)c3ccccc3[S@](=O)c3ccc(C(=O)N4CCN(c5ccccn5)CC4)cc32)c1. The van der Waals surface area contributed by atoms with Crippen LogP contribution in [-0.4, -0.2) is 52.1 Å². The topological polar surface area (TPSA) is 73.8 Å². The van der Waals surface area contributed by atoms with Crippen molar-refractivity contribution in [2.24, 2.45) is 0 Å². The number of amides is 2. The number of piperazine rings is 1. The van der Waals surface area contributed by atoms with E-state index < -0.39 is 10.8 Å².